The molecule has 1 aliphatic heterocycles. The number of carboxylic acid groups (broad SMARTS) is 1. The zero-order valence-electron chi connectivity index (χ0n) is 12.3. The SMILES string of the molecule is O=C(O)CCCN1CCC(Oc2ccc([N+](=O)[O-])cc2)CC1. The standard InChI is InChI=1S/C15H20N2O5/c18-15(19)2-1-9-16-10-7-14(8-11-16)22-13-5-3-12(4-6-13)17(20)21/h3-6,14H,1-2,7-11H2,(H,18,19). The minimum Gasteiger partial charge on any atom is -0.490 e. The first-order chi connectivity index (χ1) is 10.5. The van der Waals surface area contributed by atoms with Crippen molar-refractivity contribution in [3.63, 3.8) is 0 Å². The van der Waals surface area contributed by atoms with Gasteiger partial charge in [0.05, 0.1) is 4.92 Å². The summed E-state index contributed by atoms with van der Waals surface area (Å²) in [6.07, 6.45) is 2.74. The van der Waals surface area contributed by atoms with E-state index in [0.29, 0.717) is 12.2 Å². The largest absolute Gasteiger partial charge is 0.490 e. The third-order valence-electron chi connectivity index (χ3n) is 3.75. The van der Waals surface area contributed by atoms with Crippen molar-refractivity contribution in [3.05, 3.63) is 34.4 Å². The summed E-state index contributed by atoms with van der Waals surface area (Å²) in [4.78, 5) is 22.9. The number of piperidine rings is 1. The smallest absolute Gasteiger partial charge is 0.303 e. The lowest BCUT2D eigenvalue weighted by Crippen LogP contribution is -2.38. The van der Waals surface area contributed by atoms with E-state index >= 15 is 0 Å². The van der Waals surface area contributed by atoms with E-state index in [1.807, 2.05) is 0 Å². The van der Waals surface area contributed by atoms with Gasteiger partial charge in [-0.15, -0.1) is 0 Å². The van der Waals surface area contributed by atoms with E-state index in [4.69, 9.17) is 9.84 Å². The minimum absolute atomic E-state index is 0.0561. The molecule has 120 valence electrons. The van der Waals surface area contributed by atoms with Crippen LogP contribution in [0.4, 0.5) is 5.69 Å². The lowest BCUT2D eigenvalue weighted by molar-refractivity contribution is -0.384. The van der Waals surface area contributed by atoms with Crippen molar-refractivity contribution in [1.29, 1.82) is 0 Å². The predicted molar refractivity (Wildman–Crippen MR) is 80.1 cm³/mol. The van der Waals surface area contributed by atoms with Crippen molar-refractivity contribution in [2.24, 2.45) is 0 Å². The van der Waals surface area contributed by atoms with E-state index in [1.54, 1.807) is 12.1 Å². The summed E-state index contributed by atoms with van der Waals surface area (Å²) in [5.41, 5.74) is 0.0561. The van der Waals surface area contributed by atoms with Crippen LogP contribution in [0.3, 0.4) is 0 Å². The molecule has 0 atom stereocenters. The second-order valence-corrected chi connectivity index (χ2v) is 5.41. The Hall–Kier alpha value is -2.15. The first kappa shape index (κ1) is 16.2. The number of hydrogen-bond acceptors (Lipinski definition) is 5. The van der Waals surface area contributed by atoms with Crippen molar-refractivity contribution in [2.75, 3.05) is 19.6 Å². The van der Waals surface area contributed by atoms with Gasteiger partial charge in [0.2, 0.25) is 0 Å². The van der Waals surface area contributed by atoms with Crippen molar-refractivity contribution in [2.45, 2.75) is 31.8 Å². The fraction of sp³-hybridized carbons (Fsp3) is 0.533. The Balaban J connectivity index is 1.72. The van der Waals surface area contributed by atoms with E-state index in [2.05, 4.69) is 4.90 Å². The van der Waals surface area contributed by atoms with Crippen LogP contribution in [0.5, 0.6) is 5.75 Å². The summed E-state index contributed by atoms with van der Waals surface area (Å²) in [7, 11) is 0. The normalized spacial score (nSPS) is 16.4. The summed E-state index contributed by atoms with van der Waals surface area (Å²) < 4.78 is 5.84. The van der Waals surface area contributed by atoms with Gasteiger partial charge in [-0.2, -0.15) is 0 Å². The van der Waals surface area contributed by atoms with Crippen LogP contribution in [0, 0.1) is 10.1 Å². The average molecular weight is 308 g/mol. The highest BCUT2D eigenvalue weighted by molar-refractivity contribution is 5.66. The van der Waals surface area contributed by atoms with Gasteiger partial charge >= 0.3 is 5.97 Å². The molecule has 0 amide bonds. The Morgan fingerprint density at radius 3 is 2.50 bits per heavy atom. The lowest BCUT2D eigenvalue weighted by atomic mass is 10.1. The molecule has 1 N–H and O–H groups in total. The molecule has 0 saturated carbocycles. The molecular formula is C15H20N2O5. The van der Waals surface area contributed by atoms with E-state index in [9.17, 15) is 14.9 Å². The topological polar surface area (TPSA) is 92.9 Å². The maximum absolute atomic E-state index is 10.6. The van der Waals surface area contributed by atoms with Crippen molar-refractivity contribution < 1.29 is 19.6 Å². The van der Waals surface area contributed by atoms with Crippen LogP contribution in [0.25, 0.3) is 0 Å². The highest BCUT2D eigenvalue weighted by atomic mass is 16.6. The third-order valence-corrected chi connectivity index (χ3v) is 3.75. The van der Waals surface area contributed by atoms with Crippen LogP contribution in [0.1, 0.15) is 25.7 Å². The summed E-state index contributed by atoms with van der Waals surface area (Å²) in [6.45, 7) is 2.57. The number of carbonyl (C=O) groups is 1. The van der Waals surface area contributed by atoms with Gasteiger partial charge in [0.25, 0.3) is 5.69 Å². The molecule has 1 aromatic carbocycles. The maximum atomic E-state index is 10.6. The molecule has 1 aromatic rings. The Morgan fingerprint density at radius 1 is 1.32 bits per heavy atom. The Labute approximate surface area is 128 Å². The number of benzene rings is 1. The molecule has 1 fully saturated rings. The molecule has 0 aliphatic carbocycles. The van der Waals surface area contributed by atoms with Crippen LogP contribution in [-0.4, -0.2) is 46.6 Å². The van der Waals surface area contributed by atoms with Crippen molar-refractivity contribution in [1.82, 2.24) is 4.90 Å². The monoisotopic (exact) mass is 308 g/mol. The molecular weight excluding hydrogens is 288 g/mol. The molecule has 22 heavy (non-hydrogen) atoms. The van der Waals surface area contributed by atoms with Crippen LogP contribution in [0.15, 0.2) is 24.3 Å². The van der Waals surface area contributed by atoms with Gasteiger partial charge in [-0.25, -0.2) is 0 Å². The van der Waals surface area contributed by atoms with Crippen LogP contribution in [0.2, 0.25) is 0 Å². The van der Waals surface area contributed by atoms with E-state index in [-0.39, 0.29) is 18.2 Å². The van der Waals surface area contributed by atoms with Gasteiger partial charge in [-0.05, 0) is 37.9 Å². The number of ether oxygens (including phenoxy) is 1. The van der Waals surface area contributed by atoms with E-state index in [1.165, 1.54) is 12.1 Å². The first-order valence-corrected chi connectivity index (χ1v) is 7.40. The average Bonchev–Trinajstić information content (AvgIpc) is 2.49. The number of carboxylic acids is 1. The molecule has 7 heteroatoms. The predicted octanol–water partition coefficient (Wildman–Crippen LogP) is 2.30. The number of nitrogens with zero attached hydrogens (tertiary/aromatic N) is 2. The summed E-state index contributed by atoms with van der Waals surface area (Å²) in [5.74, 6) is -0.105. The molecule has 0 unspecified atom stereocenters. The zero-order chi connectivity index (χ0) is 15.9. The quantitative estimate of drug-likeness (QED) is 0.613. The van der Waals surface area contributed by atoms with E-state index in [0.717, 1.165) is 32.5 Å². The second kappa shape index (κ2) is 7.74. The minimum atomic E-state index is -0.753. The van der Waals surface area contributed by atoms with Gasteiger partial charge in [0, 0.05) is 31.6 Å². The molecule has 1 saturated heterocycles. The lowest BCUT2D eigenvalue weighted by Gasteiger charge is -2.32. The number of likely N-dealkylation sites (tertiary alicyclic amines) is 1. The summed E-state index contributed by atoms with van der Waals surface area (Å²) >= 11 is 0. The number of nitro groups is 1. The van der Waals surface area contributed by atoms with Gasteiger partial charge in [-0.3, -0.25) is 14.9 Å². The van der Waals surface area contributed by atoms with E-state index < -0.39 is 10.9 Å². The molecule has 7 nitrogen and oxygen atoms in total. The van der Waals surface area contributed by atoms with Gasteiger partial charge in [-0.1, -0.05) is 0 Å². The van der Waals surface area contributed by atoms with Gasteiger partial charge in [0.1, 0.15) is 11.9 Å². The highest BCUT2D eigenvalue weighted by Gasteiger charge is 2.20. The highest BCUT2D eigenvalue weighted by Crippen LogP contribution is 2.22. The Morgan fingerprint density at radius 2 is 1.95 bits per heavy atom. The number of rotatable bonds is 7. The molecule has 2 rings (SSSR count). The molecule has 1 heterocycles. The molecule has 0 aromatic heterocycles. The van der Waals surface area contributed by atoms with Gasteiger partial charge < -0.3 is 14.7 Å². The number of aliphatic carboxylic acids is 1. The number of non-ortho nitro benzene ring substituents is 1. The molecule has 0 bridgehead atoms. The second-order valence-electron chi connectivity index (χ2n) is 5.41. The van der Waals surface area contributed by atoms with Gasteiger partial charge in [0.15, 0.2) is 0 Å². The van der Waals surface area contributed by atoms with Crippen LogP contribution < -0.4 is 4.74 Å². The number of hydrogen-bond donors (Lipinski definition) is 1. The number of nitro benzene ring substituents is 1. The van der Waals surface area contributed by atoms with Crippen molar-refractivity contribution >= 4 is 11.7 Å². The summed E-state index contributed by atoms with van der Waals surface area (Å²) in [5, 5.41) is 19.2. The Bertz CT molecular complexity index is 509. The first-order valence-electron chi connectivity index (χ1n) is 7.40. The summed E-state index contributed by atoms with van der Waals surface area (Å²) in [6, 6.07) is 6.13. The fourth-order valence-corrected chi connectivity index (χ4v) is 2.54. The molecule has 0 spiro atoms. The van der Waals surface area contributed by atoms with Crippen LogP contribution in [-0.2, 0) is 4.79 Å². The third kappa shape index (κ3) is 5.00. The molecule has 0 radical (unpaired) electrons. The Kier molecular flexibility index (Phi) is 5.71. The zero-order valence-corrected chi connectivity index (χ0v) is 12.3. The fourth-order valence-electron chi connectivity index (χ4n) is 2.54. The molecule has 1 aliphatic rings. The van der Waals surface area contributed by atoms with Crippen LogP contribution >= 0.6 is 0 Å². The maximum Gasteiger partial charge on any atom is 0.303 e. The van der Waals surface area contributed by atoms with Crippen molar-refractivity contribution in [3.8, 4) is 5.75 Å².